The zero-order valence-electron chi connectivity index (χ0n) is 14.7. The summed E-state index contributed by atoms with van der Waals surface area (Å²) in [5.41, 5.74) is -0.721. The number of ether oxygens (including phenoxy) is 1. The van der Waals surface area contributed by atoms with E-state index in [1.54, 1.807) is 19.2 Å². The molecule has 142 valence electrons. The Balaban J connectivity index is 2.11. The van der Waals surface area contributed by atoms with Crippen molar-refractivity contribution in [3.63, 3.8) is 0 Å². The Morgan fingerprint density at radius 2 is 2.11 bits per heavy atom. The molecule has 0 spiro atoms. The quantitative estimate of drug-likeness (QED) is 0.542. The van der Waals surface area contributed by atoms with Crippen molar-refractivity contribution in [2.24, 2.45) is 0 Å². The number of rotatable bonds is 4. The topological polar surface area (TPSA) is 142 Å². The Morgan fingerprint density at radius 3 is 2.74 bits per heavy atom. The Hall–Kier alpha value is -3.56. The fourth-order valence-electron chi connectivity index (χ4n) is 3.06. The van der Waals surface area contributed by atoms with Gasteiger partial charge >= 0.3 is 5.69 Å². The number of aromatic amines is 2. The van der Waals surface area contributed by atoms with Crippen LogP contribution in [-0.2, 0) is 11.2 Å². The lowest BCUT2D eigenvalue weighted by Crippen LogP contribution is -2.33. The van der Waals surface area contributed by atoms with E-state index in [4.69, 9.17) is 4.74 Å². The van der Waals surface area contributed by atoms with Crippen molar-refractivity contribution in [3.8, 4) is 5.88 Å². The summed E-state index contributed by atoms with van der Waals surface area (Å²) in [6.07, 6.45) is 1.57. The third-order valence-corrected chi connectivity index (χ3v) is 4.15. The number of nitro benzene ring substituents is 1. The van der Waals surface area contributed by atoms with E-state index in [1.807, 2.05) is 16.8 Å². The van der Waals surface area contributed by atoms with Gasteiger partial charge in [0.2, 0.25) is 5.88 Å². The highest BCUT2D eigenvalue weighted by Crippen LogP contribution is 2.30. The average Bonchev–Trinajstić information content (AvgIpc) is 2.57. The maximum Gasteiger partial charge on any atom is 0.328 e. The van der Waals surface area contributed by atoms with Crippen LogP contribution in [0.4, 0.5) is 11.4 Å². The number of hydrogen-bond donors (Lipinski definition) is 3. The standard InChI is InChI=1S/C17H18N4O6/c1-9-7-20(8-10(2)27-9)14-4-3-12(21(25)26)5-11(14)6-13-15(22)18-17(24)19-16(13)23/h3-5,7,10H,6,8H2,1-2H3,(H3,18,19,22,23,24)/t10-/m1/s1. The van der Waals surface area contributed by atoms with E-state index in [0.29, 0.717) is 23.6 Å². The lowest BCUT2D eigenvalue weighted by Gasteiger charge is -2.32. The Bertz CT molecular complexity index is 1040. The number of aromatic hydroxyl groups is 1. The molecular weight excluding hydrogens is 356 g/mol. The second kappa shape index (κ2) is 6.98. The van der Waals surface area contributed by atoms with Gasteiger partial charge < -0.3 is 14.7 Å². The molecule has 1 aliphatic heterocycles. The summed E-state index contributed by atoms with van der Waals surface area (Å²) >= 11 is 0. The number of H-pyrrole nitrogens is 2. The molecule has 10 heteroatoms. The third kappa shape index (κ3) is 3.84. The number of aromatic nitrogens is 2. The van der Waals surface area contributed by atoms with Gasteiger partial charge in [-0.25, -0.2) is 4.79 Å². The van der Waals surface area contributed by atoms with Gasteiger partial charge in [0.15, 0.2) is 0 Å². The van der Waals surface area contributed by atoms with Crippen molar-refractivity contribution >= 4 is 11.4 Å². The zero-order valence-corrected chi connectivity index (χ0v) is 14.7. The van der Waals surface area contributed by atoms with Crippen LogP contribution >= 0.6 is 0 Å². The highest BCUT2D eigenvalue weighted by atomic mass is 16.6. The van der Waals surface area contributed by atoms with Gasteiger partial charge in [0.05, 0.1) is 17.0 Å². The smallest absolute Gasteiger partial charge is 0.328 e. The largest absolute Gasteiger partial charge is 0.494 e. The molecule has 0 amide bonds. The number of allylic oxidation sites excluding steroid dienone is 1. The minimum Gasteiger partial charge on any atom is -0.494 e. The van der Waals surface area contributed by atoms with E-state index in [1.165, 1.54) is 12.1 Å². The minimum atomic E-state index is -0.832. The number of hydrogen-bond acceptors (Lipinski definition) is 7. The molecule has 10 nitrogen and oxygen atoms in total. The summed E-state index contributed by atoms with van der Waals surface area (Å²) < 4.78 is 5.59. The Morgan fingerprint density at radius 1 is 1.37 bits per heavy atom. The van der Waals surface area contributed by atoms with Crippen molar-refractivity contribution < 1.29 is 14.8 Å². The number of nitrogens with zero attached hydrogens (tertiary/aromatic N) is 2. The van der Waals surface area contributed by atoms with Crippen LogP contribution in [0.2, 0.25) is 0 Å². The van der Waals surface area contributed by atoms with Crippen molar-refractivity contribution in [2.45, 2.75) is 26.4 Å². The first-order valence-electron chi connectivity index (χ1n) is 8.18. The number of non-ortho nitro benzene ring substituents is 1. The van der Waals surface area contributed by atoms with Gasteiger partial charge in [-0.3, -0.25) is 24.9 Å². The summed E-state index contributed by atoms with van der Waals surface area (Å²) in [7, 11) is 0. The van der Waals surface area contributed by atoms with E-state index in [-0.39, 0.29) is 23.8 Å². The van der Waals surface area contributed by atoms with Gasteiger partial charge in [0, 0.05) is 30.4 Å². The molecule has 0 fully saturated rings. The van der Waals surface area contributed by atoms with Crippen LogP contribution in [0.1, 0.15) is 25.0 Å². The van der Waals surface area contributed by atoms with Crippen molar-refractivity contribution in [1.82, 2.24) is 9.97 Å². The Labute approximate surface area is 152 Å². The van der Waals surface area contributed by atoms with Crippen LogP contribution in [0, 0.1) is 10.1 Å². The first-order chi connectivity index (χ1) is 12.7. The highest BCUT2D eigenvalue weighted by molar-refractivity contribution is 5.61. The van der Waals surface area contributed by atoms with Gasteiger partial charge in [0.25, 0.3) is 11.2 Å². The van der Waals surface area contributed by atoms with Crippen LogP contribution in [0.3, 0.4) is 0 Å². The first kappa shape index (κ1) is 18.2. The van der Waals surface area contributed by atoms with Gasteiger partial charge in [0.1, 0.15) is 11.9 Å². The van der Waals surface area contributed by atoms with Crippen LogP contribution < -0.4 is 16.1 Å². The zero-order chi connectivity index (χ0) is 19.7. The van der Waals surface area contributed by atoms with Gasteiger partial charge in [-0.15, -0.1) is 0 Å². The monoisotopic (exact) mass is 374 g/mol. The molecule has 1 aromatic carbocycles. The first-order valence-corrected chi connectivity index (χ1v) is 8.18. The molecule has 0 unspecified atom stereocenters. The molecule has 0 bridgehead atoms. The predicted molar refractivity (Wildman–Crippen MR) is 96.9 cm³/mol. The van der Waals surface area contributed by atoms with E-state index in [9.17, 15) is 24.8 Å². The van der Waals surface area contributed by atoms with Crippen LogP contribution in [0.15, 0.2) is 39.7 Å². The summed E-state index contributed by atoms with van der Waals surface area (Å²) in [5.74, 6) is 0.117. The molecule has 1 aliphatic rings. The molecule has 1 atom stereocenters. The molecule has 0 saturated carbocycles. The van der Waals surface area contributed by atoms with E-state index in [2.05, 4.69) is 4.98 Å². The van der Waals surface area contributed by atoms with Crippen LogP contribution in [0.25, 0.3) is 0 Å². The number of anilines is 1. The summed E-state index contributed by atoms with van der Waals surface area (Å²) in [6, 6.07) is 4.31. The molecule has 3 rings (SSSR count). The van der Waals surface area contributed by atoms with Crippen LogP contribution in [-0.4, -0.2) is 32.6 Å². The molecule has 2 aromatic rings. The summed E-state index contributed by atoms with van der Waals surface area (Å²) in [5, 5.41) is 21.1. The van der Waals surface area contributed by atoms with E-state index < -0.39 is 22.1 Å². The summed E-state index contributed by atoms with van der Waals surface area (Å²) in [4.78, 5) is 40.0. The molecule has 0 radical (unpaired) electrons. The molecule has 0 aliphatic carbocycles. The second-order valence-corrected chi connectivity index (χ2v) is 6.30. The number of nitrogens with one attached hydrogen (secondary N) is 2. The highest BCUT2D eigenvalue weighted by Gasteiger charge is 2.22. The fraction of sp³-hybridized carbons (Fsp3) is 0.294. The molecular formula is C17H18N4O6. The summed E-state index contributed by atoms with van der Waals surface area (Å²) in [6.45, 7) is 4.20. The number of benzene rings is 1. The van der Waals surface area contributed by atoms with Crippen molar-refractivity contribution in [3.05, 3.63) is 72.2 Å². The van der Waals surface area contributed by atoms with Crippen molar-refractivity contribution in [1.29, 1.82) is 0 Å². The maximum atomic E-state index is 12.1. The molecule has 3 N–H and O–H groups in total. The second-order valence-electron chi connectivity index (χ2n) is 6.30. The predicted octanol–water partition coefficient (Wildman–Crippen LogP) is 1.35. The molecule has 0 saturated heterocycles. The lowest BCUT2D eigenvalue weighted by molar-refractivity contribution is -0.384. The number of nitro groups is 1. The van der Waals surface area contributed by atoms with Crippen molar-refractivity contribution in [2.75, 3.05) is 11.4 Å². The Kier molecular flexibility index (Phi) is 4.72. The normalized spacial score (nSPS) is 16.6. The maximum absolute atomic E-state index is 12.1. The van der Waals surface area contributed by atoms with E-state index in [0.717, 1.165) is 0 Å². The third-order valence-electron chi connectivity index (χ3n) is 4.15. The van der Waals surface area contributed by atoms with Gasteiger partial charge in [-0.1, -0.05) is 0 Å². The molecule has 2 heterocycles. The minimum absolute atomic E-state index is 0.0849. The lowest BCUT2D eigenvalue weighted by atomic mass is 10.0. The molecule has 1 aromatic heterocycles. The average molecular weight is 374 g/mol. The van der Waals surface area contributed by atoms with Gasteiger partial charge in [-0.2, -0.15) is 0 Å². The molecule has 27 heavy (non-hydrogen) atoms. The fourth-order valence-corrected chi connectivity index (χ4v) is 3.06. The van der Waals surface area contributed by atoms with Gasteiger partial charge in [-0.05, 0) is 25.5 Å². The van der Waals surface area contributed by atoms with Crippen LogP contribution in [0.5, 0.6) is 5.88 Å². The SMILES string of the molecule is CC1=CN(c2ccc([N+](=O)[O-])cc2Cc2c(O)[nH]c(=O)[nH]c2=O)C[C@@H](C)O1. The van der Waals surface area contributed by atoms with E-state index >= 15 is 0 Å².